The molecule has 136 valence electrons. The Balaban J connectivity index is 1.63. The van der Waals surface area contributed by atoms with Crippen LogP contribution in [-0.2, 0) is 25.8 Å². The number of hydrogen-bond donors (Lipinski definition) is 0. The topological polar surface area (TPSA) is 17.8 Å². The third kappa shape index (κ3) is 3.53. The summed E-state index contributed by atoms with van der Waals surface area (Å²) >= 11 is 6.32. The first-order valence-corrected chi connectivity index (χ1v) is 10.3. The third-order valence-electron chi connectivity index (χ3n) is 5.80. The molecule has 0 N–H and O–H groups in total. The number of pyridine rings is 1. The minimum absolute atomic E-state index is 0.837. The Morgan fingerprint density at radius 3 is 3.00 bits per heavy atom. The highest BCUT2D eigenvalue weighted by Gasteiger charge is 2.25. The summed E-state index contributed by atoms with van der Waals surface area (Å²) in [6, 6.07) is 10.6. The molecule has 0 fully saturated rings. The van der Waals surface area contributed by atoms with Crippen LogP contribution in [0.1, 0.15) is 49.4 Å². The van der Waals surface area contributed by atoms with Gasteiger partial charge in [0.05, 0.1) is 0 Å². The van der Waals surface area contributed by atoms with E-state index in [2.05, 4.69) is 34.7 Å². The lowest BCUT2D eigenvalue weighted by molar-refractivity contribution is 0.409. The third-order valence-corrected chi connectivity index (χ3v) is 6.04. The van der Waals surface area contributed by atoms with Crippen molar-refractivity contribution >= 4 is 22.5 Å². The van der Waals surface area contributed by atoms with Crippen molar-refractivity contribution in [2.45, 2.75) is 58.4 Å². The molecule has 4 rings (SSSR count). The number of aryl methyl sites for hydroxylation is 3. The zero-order valence-corrected chi connectivity index (χ0v) is 16.3. The molecule has 1 unspecified atom stereocenters. The zero-order chi connectivity index (χ0) is 17.9. The Hall–Kier alpha value is -1.80. The molecule has 0 aliphatic heterocycles. The average molecular weight is 367 g/mol. The van der Waals surface area contributed by atoms with Gasteiger partial charge in [-0.3, -0.25) is 4.98 Å². The number of nitrogens with zero attached hydrogens (tertiary/aromatic N) is 2. The van der Waals surface area contributed by atoms with Crippen LogP contribution < -0.4 is 0 Å². The second-order valence-corrected chi connectivity index (χ2v) is 8.04. The molecule has 0 saturated carbocycles. The molecule has 0 bridgehead atoms. The maximum absolute atomic E-state index is 6.32. The maximum Gasteiger partial charge on any atom is 0.0486 e. The van der Waals surface area contributed by atoms with Crippen molar-refractivity contribution < 1.29 is 0 Å². The van der Waals surface area contributed by atoms with Gasteiger partial charge in [0.15, 0.2) is 0 Å². The van der Waals surface area contributed by atoms with Crippen molar-refractivity contribution in [1.29, 1.82) is 0 Å². The van der Waals surface area contributed by atoms with Gasteiger partial charge in [-0.05, 0) is 73.4 Å². The lowest BCUT2D eigenvalue weighted by Crippen LogP contribution is -2.17. The zero-order valence-electron chi connectivity index (χ0n) is 15.5. The van der Waals surface area contributed by atoms with Crippen LogP contribution in [0.25, 0.3) is 10.9 Å². The van der Waals surface area contributed by atoms with Gasteiger partial charge < -0.3 is 4.57 Å². The standard InChI is InChI=1S/C23H27ClN2/c1-2-5-17-8-10-20-21-15-19(24)9-11-22(21)26(23(20)14-17)13-4-7-18-6-3-12-25-16-18/h3,6,9,11-12,15-17H,2,4-5,7-8,10,13-14H2,1H3. The largest absolute Gasteiger partial charge is 0.344 e. The number of fused-ring (bicyclic) bond motifs is 3. The molecule has 1 aliphatic carbocycles. The summed E-state index contributed by atoms with van der Waals surface area (Å²) < 4.78 is 2.58. The lowest BCUT2D eigenvalue weighted by atomic mass is 9.84. The van der Waals surface area contributed by atoms with Gasteiger partial charge in [-0.1, -0.05) is 37.4 Å². The summed E-state index contributed by atoms with van der Waals surface area (Å²) in [5.74, 6) is 0.837. The van der Waals surface area contributed by atoms with Crippen molar-refractivity contribution in [3.8, 4) is 0 Å². The van der Waals surface area contributed by atoms with Gasteiger partial charge in [0.25, 0.3) is 0 Å². The van der Waals surface area contributed by atoms with Crippen LogP contribution in [0.2, 0.25) is 5.02 Å². The van der Waals surface area contributed by atoms with Gasteiger partial charge in [0.1, 0.15) is 0 Å². The minimum atomic E-state index is 0.837. The van der Waals surface area contributed by atoms with Gasteiger partial charge >= 0.3 is 0 Å². The first-order valence-electron chi connectivity index (χ1n) is 9.94. The molecular formula is C23H27ClN2. The normalized spacial score (nSPS) is 16.8. The average Bonchev–Trinajstić information content (AvgIpc) is 2.96. The highest BCUT2D eigenvalue weighted by Crippen LogP contribution is 2.37. The second-order valence-electron chi connectivity index (χ2n) is 7.60. The van der Waals surface area contributed by atoms with Crippen LogP contribution in [0, 0.1) is 5.92 Å². The molecule has 0 radical (unpaired) electrons. The van der Waals surface area contributed by atoms with Crippen LogP contribution in [0.3, 0.4) is 0 Å². The Morgan fingerprint density at radius 2 is 2.19 bits per heavy atom. The van der Waals surface area contributed by atoms with Gasteiger partial charge in [0.2, 0.25) is 0 Å². The highest BCUT2D eigenvalue weighted by molar-refractivity contribution is 6.31. The van der Waals surface area contributed by atoms with Crippen molar-refractivity contribution in [2.75, 3.05) is 0 Å². The predicted molar refractivity (Wildman–Crippen MR) is 110 cm³/mol. The summed E-state index contributed by atoms with van der Waals surface area (Å²) in [6.45, 7) is 3.37. The Morgan fingerprint density at radius 1 is 1.27 bits per heavy atom. The molecule has 2 aromatic heterocycles. The summed E-state index contributed by atoms with van der Waals surface area (Å²) in [7, 11) is 0. The quantitative estimate of drug-likeness (QED) is 0.505. The van der Waals surface area contributed by atoms with Crippen LogP contribution >= 0.6 is 11.6 Å². The van der Waals surface area contributed by atoms with E-state index in [9.17, 15) is 0 Å². The van der Waals surface area contributed by atoms with Crippen LogP contribution in [0.5, 0.6) is 0 Å². The summed E-state index contributed by atoms with van der Waals surface area (Å²) in [5.41, 5.74) is 5.81. The monoisotopic (exact) mass is 366 g/mol. The number of benzene rings is 1. The summed E-state index contributed by atoms with van der Waals surface area (Å²) in [5, 5.41) is 2.23. The van der Waals surface area contributed by atoms with E-state index in [1.807, 2.05) is 24.5 Å². The number of aromatic nitrogens is 2. The molecular weight excluding hydrogens is 340 g/mol. The molecule has 2 heterocycles. The van der Waals surface area contributed by atoms with E-state index >= 15 is 0 Å². The fraction of sp³-hybridized carbons (Fsp3) is 0.435. The first-order chi connectivity index (χ1) is 12.8. The van der Waals surface area contributed by atoms with E-state index in [0.29, 0.717) is 0 Å². The molecule has 3 heteroatoms. The van der Waals surface area contributed by atoms with E-state index in [4.69, 9.17) is 11.6 Å². The number of rotatable bonds is 6. The molecule has 0 spiro atoms. The SMILES string of the molecule is CCCC1CCc2c(n(CCCc3cccnc3)c3ccc(Cl)cc23)C1. The van der Waals surface area contributed by atoms with Crippen LogP contribution in [0.4, 0.5) is 0 Å². The number of halogens is 1. The Labute approximate surface area is 161 Å². The second kappa shape index (κ2) is 7.84. The molecule has 1 aromatic carbocycles. The Kier molecular flexibility index (Phi) is 5.31. The minimum Gasteiger partial charge on any atom is -0.344 e. The van der Waals surface area contributed by atoms with Gasteiger partial charge in [0, 0.05) is 40.6 Å². The van der Waals surface area contributed by atoms with Gasteiger partial charge in [-0.2, -0.15) is 0 Å². The highest BCUT2D eigenvalue weighted by atomic mass is 35.5. The molecule has 26 heavy (non-hydrogen) atoms. The molecule has 3 aromatic rings. The fourth-order valence-electron chi connectivity index (χ4n) is 4.58. The van der Waals surface area contributed by atoms with Crippen molar-refractivity contribution in [3.63, 3.8) is 0 Å². The summed E-state index contributed by atoms with van der Waals surface area (Å²) in [6.07, 6.45) is 12.4. The summed E-state index contributed by atoms with van der Waals surface area (Å²) in [4.78, 5) is 4.24. The van der Waals surface area contributed by atoms with E-state index in [1.165, 1.54) is 48.6 Å². The smallest absolute Gasteiger partial charge is 0.0486 e. The van der Waals surface area contributed by atoms with Crippen molar-refractivity contribution in [2.24, 2.45) is 5.92 Å². The first kappa shape index (κ1) is 17.6. The molecule has 0 saturated heterocycles. The van der Waals surface area contributed by atoms with Crippen LogP contribution in [0.15, 0.2) is 42.7 Å². The van der Waals surface area contributed by atoms with E-state index < -0.39 is 0 Å². The van der Waals surface area contributed by atoms with E-state index in [0.717, 1.165) is 30.3 Å². The Bertz CT molecular complexity index is 882. The fourth-order valence-corrected chi connectivity index (χ4v) is 4.75. The van der Waals surface area contributed by atoms with Crippen LogP contribution in [-0.4, -0.2) is 9.55 Å². The van der Waals surface area contributed by atoms with Crippen molar-refractivity contribution in [1.82, 2.24) is 9.55 Å². The molecule has 2 nitrogen and oxygen atoms in total. The molecule has 1 atom stereocenters. The predicted octanol–water partition coefficient (Wildman–Crippen LogP) is 6.23. The molecule has 1 aliphatic rings. The van der Waals surface area contributed by atoms with E-state index in [1.54, 1.807) is 11.3 Å². The van der Waals surface area contributed by atoms with Crippen molar-refractivity contribution in [3.05, 3.63) is 64.6 Å². The van der Waals surface area contributed by atoms with Gasteiger partial charge in [-0.15, -0.1) is 0 Å². The lowest BCUT2D eigenvalue weighted by Gasteiger charge is -2.24. The number of hydrogen-bond acceptors (Lipinski definition) is 1. The molecule has 0 amide bonds. The maximum atomic E-state index is 6.32. The van der Waals surface area contributed by atoms with Gasteiger partial charge in [-0.25, -0.2) is 0 Å². The van der Waals surface area contributed by atoms with E-state index in [-0.39, 0.29) is 0 Å².